The monoisotopic (exact) mass is 454 g/mol. The Morgan fingerprint density at radius 2 is 1.30 bits per heavy atom. The van der Waals surface area contributed by atoms with E-state index in [-0.39, 0.29) is 17.6 Å². The Hall–Kier alpha value is -2.83. The lowest BCUT2D eigenvalue weighted by Gasteiger charge is -2.38. The van der Waals surface area contributed by atoms with E-state index in [0.29, 0.717) is 5.92 Å². The molecule has 0 atom stereocenters. The summed E-state index contributed by atoms with van der Waals surface area (Å²) in [5.74, 6) is 0.621. The minimum atomic E-state index is -3.53. The van der Waals surface area contributed by atoms with E-state index in [4.69, 9.17) is 14.2 Å². The predicted molar refractivity (Wildman–Crippen MR) is 118 cm³/mol. The molecule has 3 aromatic rings. The van der Waals surface area contributed by atoms with Crippen LogP contribution in [0.2, 0.25) is 0 Å². The summed E-state index contributed by atoms with van der Waals surface area (Å²) in [4.78, 5) is 0. The van der Waals surface area contributed by atoms with Gasteiger partial charge in [-0.1, -0.05) is 55.7 Å². The number of alkyl halides is 2. The molecule has 0 unspecified atom stereocenters. The molecule has 0 amide bonds. The number of halogens is 3. The molecule has 1 aliphatic carbocycles. The van der Waals surface area contributed by atoms with Crippen LogP contribution in [-0.2, 0) is 15.6 Å². The van der Waals surface area contributed by atoms with E-state index in [1.54, 1.807) is 12.1 Å². The van der Waals surface area contributed by atoms with Gasteiger partial charge in [0.25, 0.3) is 0 Å². The minimum Gasteiger partial charge on any atom is -0.429 e. The van der Waals surface area contributed by atoms with E-state index in [9.17, 15) is 13.2 Å². The molecule has 1 aliphatic heterocycles. The minimum absolute atomic E-state index is 0.104. The average Bonchev–Trinajstić information content (AvgIpc) is 2.80. The van der Waals surface area contributed by atoms with Gasteiger partial charge in [-0.25, -0.2) is 4.39 Å². The average molecular weight is 454 g/mol. The van der Waals surface area contributed by atoms with Gasteiger partial charge in [-0.15, -0.1) is 0 Å². The molecule has 0 N–H and O–H groups in total. The Bertz CT molecular complexity index is 1050. The van der Waals surface area contributed by atoms with Crippen LogP contribution in [0.5, 0.6) is 5.75 Å². The van der Waals surface area contributed by atoms with Gasteiger partial charge in [-0.05, 0) is 53.4 Å². The molecule has 1 saturated carbocycles. The molecule has 0 radical (unpaired) electrons. The number of rotatable bonds is 6. The number of hydrogen-bond donors (Lipinski definition) is 0. The van der Waals surface area contributed by atoms with Crippen LogP contribution in [0, 0.1) is 17.7 Å². The van der Waals surface area contributed by atoms with Crippen LogP contribution in [0.15, 0.2) is 72.8 Å². The summed E-state index contributed by atoms with van der Waals surface area (Å²) in [6.07, 6.45) is -0.0289. The topological polar surface area (TPSA) is 27.7 Å². The van der Waals surface area contributed by atoms with Crippen LogP contribution in [0.3, 0.4) is 0 Å². The number of ether oxygens (including phenoxy) is 3. The van der Waals surface area contributed by atoms with Crippen LogP contribution in [-0.4, -0.2) is 13.2 Å². The van der Waals surface area contributed by atoms with Crippen LogP contribution in [0.4, 0.5) is 13.2 Å². The first-order valence-electron chi connectivity index (χ1n) is 11.2. The van der Waals surface area contributed by atoms with Crippen molar-refractivity contribution in [2.45, 2.75) is 31.7 Å². The van der Waals surface area contributed by atoms with Gasteiger partial charge in [0.15, 0.2) is 6.29 Å². The molecule has 1 heterocycles. The second-order valence-corrected chi connectivity index (χ2v) is 8.72. The summed E-state index contributed by atoms with van der Waals surface area (Å²) in [5, 5.41) is 0. The molecular weight excluding hydrogens is 429 g/mol. The van der Waals surface area contributed by atoms with Crippen LogP contribution in [0.25, 0.3) is 11.1 Å². The zero-order valence-electron chi connectivity index (χ0n) is 18.1. The van der Waals surface area contributed by atoms with Crippen molar-refractivity contribution in [1.29, 1.82) is 0 Å². The summed E-state index contributed by atoms with van der Waals surface area (Å²) in [6.45, 7) is 1.46. The van der Waals surface area contributed by atoms with Crippen molar-refractivity contribution >= 4 is 0 Å². The smallest absolute Gasteiger partial charge is 0.426 e. The Kier molecular flexibility index (Phi) is 6.13. The number of hydrogen-bond acceptors (Lipinski definition) is 3. The summed E-state index contributed by atoms with van der Waals surface area (Å²) >= 11 is 0. The maximum absolute atomic E-state index is 14.5. The Morgan fingerprint density at radius 3 is 1.85 bits per heavy atom. The molecule has 0 bridgehead atoms. The first-order chi connectivity index (χ1) is 16.0. The molecule has 5 rings (SSSR count). The SMILES string of the molecule is Fc1ccc(OC(F)(F)c2ccc(-c3ccc(C4OCC(C5CCC5)CO4)cc3)cc2)cc1. The molecule has 3 aromatic carbocycles. The molecule has 3 nitrogen and oxygen atoms in total. The van der Waals surface area contributed by atoms with Gasteiger partial charge in [0.1, 0.15) is 11.6 Å². The Labute approximate surface area is 191 Å². The molecule has 172 valence electrons. The molecule has 1 saturated heterocycles. The second-order valence-electron chi connectivity index (χ2n) is 8.72. The van der Waals surface area contributed by atoms with Crippen molar-refractivity contribution in [1.82, 2.24) is 0 Å². The quantitative estimate of drug-likeness (QED) is 0.398. The Morgan fingerprint density at radius 1 is 0.727 bits per heavy atom. The zero-order chi connectivity index (χ0) is 22.8. The van der Waals surface area contributed by atoms with E-state index < -0.39 is 11.9 Å². The van der Waals surface area contributed by atoms with Gasteiger partial charge in [-0.2, -0.15) is 8.78 Å². The van der Waals surface area contributed by atoms with E-state index in [2.05, 4.69) is 0 Å². The summed E-state index contributed by atoms with van der Waals surface area (Å²) < 4.78 is 58.6. The third-order valence-electron chi connectivity index (χ3n) is 6.54. The van der Waals surface area contributed by atoms with Crippen molar-refractivity contribution in [2.75, 3.05) is 13.2 Å². The molecule has 0 aromatic heterocycles. The van der Waals surface area contributed by atoms with Crippen molar-refractivity contribution in [3.05, 3.63) is 89.7 Å². The van der Waals surface area contributed by atoms with Crippen LogP contribution < -0.4 is 4.74 Å². The lowest BCUT2D eigenvalue weighted by atomic mass is 9.76. The fourth-order valence-electron chi connectivity index (χ4n) is 4.29. The molecule has 2 fully saturated rings. The van der Waals surface area contributed by atoms with Crippen molar-refractivity contribution in [3.8, 4) is 16.9 Å². The second kappa shape index (κ2) is 9.20. The summed E-state index contributed by atoms with van der Waals surface area (Å²) in [7, 11) is 0. The molecule has 6 heteroatoms. The third kappa shape index (κ3) is 4.92. The zero-order valence-corrected chi connectivity index (χ0v) is 18.1. The van der Waals surface area contributed by atoms with E-state index >= 15 is 0 Å². The predicted octanol–water partition coefficient (Wildman–Crippen LogP) is 7.08. The largest absolute Gasteiger partial charge is 0.429 e. The van der Waals surface area contributed by atoms with Crippen molar-refractivity contribution in [3.63, 3.8) is 0 Å². The van der Waals surface area contributed by atoms with Gasteiger partial charge in [0.2, 0.25) is 0 Å². The maximum Gasteiger partial charge on any atom is 0.426 e. The highest BCUT2D eigenvalue weighted by molar-refractivity contribution is 5.64. The third-order valence-corrected chi connectivity index (χ3v) is 6.54. The van der Waals surface area contributed by atoms with Crippen molar-refractivity contribution in [2.24, 2.45) is 11.8 Å². The summed E-state index contributed by atoms with van der Waals surface area (Å²) in [5.41, 5.74) is 2.37. The maximum atomic E-state index is 14.5. The molecule has 33 heavy (non-hydrogen) atoms. The molecule has 0 spiro atoms. The highest BCUT2D eigenvalue weighted by Crippen LogP contribution is 2.38. The first-order valence-corrected chi connectivity index (χ1v) is 11.2. The van der Waals surface area contributed by atoms with Crippen LogP contribution in [0.1, 0.15) is 36.7 Å². The highest BCUT2D eigenvalue weighted by Gasteiger charge is 2.35. The van der Waals surface area contributed by atoms with Gasteiger partial charge in [0, 0.05) is 11.5 Å². The van der Waals surface area contributed by atoms with E-state index in [1.807, 2.05) is 24.3 Å². The first kappa shape index (κ1) is 22.0. The Balaban J connectivity index is 1.22. The van der Waals surface area contributed by atoms with Gasteiger partial charge < -0.3 is 14.2 Å². The normalized spacial score (nSPS) is 21.4. The highest BCUT2D eigenvalue weighted by atomic mass is 19.3. The standard InChI is InChI=1S/C27H25F3O3/c28-24-12-14-25(15-13-24)33-27(29,30)23-10-8-20(9-11-23)19-4-6-21(7-5-19)26-31-16-22(17-32-26)18-2-1-3-18/h4-15,18,22,26H,1-3,16-17H2. The van der Waals surface area contributed by atoms with Gasteiger partial charge in [0.05, 0.1) is 18.8 Å². The van der Waals surface area contributed by atoms with Crippen LogP contribution >= 0.6 is 0 Å². The van der Waals surface area contributed by atoms with E-state index in [1.165, 1.54) is 43.5 Å². The molecule has 2 aliphatic rings. The molecular formula is C27H25F3O3. The lowest BCUT2D eigenvalue weighted by molar-refractivity contribution is -0.216. The van der Waals surface area contributed by atoms with Gasteiger partial charge in [-0.3, -0.25) is 0 Å². The van der Waals surface area contributed by atoms with Gasteiger partial charge >= 0.3 is 6.11 Å². The fourth-order valence-corrected chi connectivity index (χ4v) is 4.29. The fraction of sp³-hybridized carbons (Fsp3) is 0.333. The van der Waals surface area contributed by atoms with Crippen molar-refractivity contribution < 1.29 is 27.4 Å². The number of benzene rings is 3. The summed E-state index contributed by atoms with van der Waals surface area (Å²) in [6, 6.07) is 18.2. The lowest BCUT2D eigenvalue weighted by Crippen LogP contribution is -2.35. The van der Waals surface area contributed by atoms with E-state index in [0.717, 1.165) is 48.0 Å².